The van der Waals surface area contributed by atoms with Crippen LogP contribution in [0.1, 0.15) is 1.37 Å². The topological polar surface area (TPSA) is 37.3 Å². The lowest BCUT2D eigenvalue weighted by atomic mass is 10.7. The van der Waals surface area contributed by atoms with Crippen LogP contribution in [0.25, 0.3) is 0 Å². The van der Waals surface area contributed by atoms with Gasteiger partial charge in [-0.25, -0.2) is 4.79 Å². The molecule has 2 heteroatoms. The first-order valence-corrected chi connectivity index (χ1v) is 1.05. The first kappa shape index (κ1) is 2.45. The molecule has 0 saturated heterocycles. The van der Waals surface area contributed by atoms with Crippen LogP contribution in [0.2, 0.25) is 0 Å². The Morgan fingerprint density at radius 2 is 3.00 bits per heavy atom. The van der Waals surface area contributed by atoms with Crippen LogP contribution in [0.15, 0.2) is 12.6 Å². The highest BCUT2D eigenvalue weighted by atomic mass is 16.4. The van der Waals surface area contributed by atoms with Crippen LogP contribution >= 0.6 is 0 Å². The van der Waals surface area contributed by atoms with Gasteiger partial charge in [-0.3, -0.25) is 0 Å². The van der Waals surface area contributed by atoms with E-state index in [2.05, 4.69) is 0 Å². The molecule has 1 N–H and O–H groups in total. The smallest absolute Gasteiger partial charge is 0.327 e. The molecule has 0 radical (unpaired) electrons. The van der Waals surface area contributed by atoms with Gasteiger partial charge in [0.05, 0.1) is 1.37 Å². The van der Waals surface area contributed by atoms with Crippen molar-refractivity contribution in [2.75, 3.05) is 0 Å². The van der Waals surface area contributed by atoms with Gasteiger partial charge in [0.1, 0.15) is 0 Å². The van der Waals surface area contributed by atoms with E-state index in [4.69, 9.17) is 6.48 Å². The summed E-state index contributed by atoms with van der Waals surface area (Å²) in [4.78, 5) is 9.39. The normalized spacial score (nSPS) is 11.6. The monoisotopic (exact) mass is 73.0 g/mol. The summed E-state index contributed by atoms with van der Waals surface area (Å²) in [6, 6.07) is 0. The molecule has 0 bridgehead atoms. The van der Waals surface area contributed by atoms with Crippen molar-refractivity contribution in [1.29, 1.82) is 0 Å². The maximum atomic E-state index is 9.39. The fourth-order valence-corrected chi connectivity index (χ4v) is 0. The van der Waals surface area contributed by atoms with Crippen molar-refractivity contribution in [1.82, 2.24) is 0 Å². The number of carboxylic acids is 1. The van der Waals surface area contributed by atoms with Crippen LogP contribution in [0.3, 0.4) is 0 Å². The van der Waals surface area contributed by atoms with Crippen LogP contribution in [0, 0.1) is 0 Å². The predicted octanol–water partition coefficient (Wildman–Crippen LogP) is 0.257. The molecule has 0 aliphatic rings. The van der Waals surface area contributed by atoms with Gasteiger partial charge >= 0.3 is 5.97 Å². The molecular weight excluding hydrogens is 68.0 g/mol. The fourth-order valence-electron chi connectivity index (χ4n) is 0. The molecule has 0 aliphatic carbocycles. The van der Waals surface area contributed by atoms with Crippen molar-refractivity contribution < 1.29 is 11.3 Å². The summed E-state index contributed by atoms with van der Waals surface area (Å²) in [5.41, 5.74) is 0. The second kappa shape index (κ2) is 1.52. The van der Waals surface area contributed by atoms with Crippen molar-refractivity contribution in [3.8, 4) is 0 Å². The Kier molecular flexibility index (Phi) is 0.745. The quantitative estimate of drug-likeness (QED) is 0.452. The minimum Gasteiger partial charge on any atom is -0.478 e. The van der Waals surface area contributed by atoms with E-state index in [9.17, 15) is 4.79 Å². The van der Waals surface area contributed by atoms with Gasteiger partial charge in [-0.2, -0.15) is 0 Å². The van der Waals surface area contributed by atoms with Crippen molar-refractivity contribution in [3.63, 3.8) is 0 Å². The third-order valence-corrected chi connectivity index (χ3v) is 0.143. The van der Waals surface area contributed by atoms with E-state index < -0.39 is 5.97 Å². The minimum absolute atomic E-state index is 0.725. The van der Waals surface area contributed by atoms with Gasteiger partial charge in [0, 0.05) is 6.08 Å². The average Bonchev–Trinajstić information content (AvgIpc) is 1.35. The van der Waals surface area contributed by atoms with E-state index >= 15 is 0 Å². The summed E-state index contributed by atoms with van der Waals surface area (Å²) in [6.45, 7) is 0.725. The maximum absolute atomic E-state index is 9.39. The number of aliphatic carboxylic acids is 1. The summed E-state index contributed by atoms with van der Waals surface area (Å²) >= 11 is 0. The second-order valence-corrected chi connectivity index (χ2v) is 0.505. The largest absolute Gasteiger partial charge is 0.478 e. The van der Waals surface area contributed by atoms with E-state index in [0.29, 0.717) is 0 Å². The predicted molar refractivity (Wildman–Crippen MR) is 17.8 cm³/mol. The van der Waals surface area contributed by atoms with Crippen molar-refractivity contribution >= 4 is 5.97 Å². The van der Waals surface area contributed by atoms with E-state index in [1.807, 2.05) is 0 Å². The number of rotatable bonds is 1. The molecule has 0 aromatic heterocycles. The summed E-state index contributed by atoms with van der Waals surface area (Å²) < 4.78 is 6.17. The van der Waals surface area contributed by atoms with Gasteiger partial charge in [0.2, 0.25) is 0 Å². The molecule has 0 amide bonds. The van der Waals surface area contributed by atoms with E-state index in [0.717, 1.165) is 12.6 Å². The summed E-state index contributed by atoms with van der Waals surface area (Å²) in [5, 5.41) is 7.71. The molecule has 0 heterocycles. The zero-order chi connectivity index (χ0) is 4.99. The molecule has 5 heavy (non-hydrogen) atoms. The average molecular weight is 73.1 g/mol. The Labute approximate surface area is 31.1 Å². The SMILES string of the molecule is [2H]/C=C\C(=O)O. The van der Waals surface area contributed by atoms with E-state index in [1.165, 1.54) is 0 Å². The highest BCUT2D eigenvalue weighted by Crippen LogP contribution is 1.54. The lowest BCUT2D eigenvalue weighted by molar-refractivity contribution is -0.131. The number of carbonyl (C=O) groups is 1. The second-order valence-electron chi connectivity index (χ2n) is 0.505. The summed E-state index contributed by atoms with van der Waals surface area (Å²) in [5.74, 6) is -1.08. The molecule has 0 aromatic rings. The Hall–Kier alpha value is -0.790. The number of hydrogen-bond donors (Lipinski definition) is 1. The maximum Gasteiger partial charge on any atom is 0.327 e. The van der Waals surface area contributed by atoms with Gasteiger partial charge < -0.3 is 5.11 Å². The molecule has 0 rings (SSSR count). The van der Waals surface area contributed by atoms with Gasteiger partial charge in [0.25, 0.3) is 0 Å². The highest BCUT2D eigenvalue weighted by molar-refractivity contribution is 5.78. The van der Waals surface area contributed by atoms with Gasteiger partial charge in [-0.05, 0) is 0 Å². The standard InChI is InChI=1S/C3H4O2/c1-2-3(4)5/h2H,1H2,(H,4,5)/i1D/b2-1-. The first-order valence-electron chi connectivity index (χ1n) is 1.63. The zero-order valence-electron chi connectivity index (χ0n) is 3.51. The Balaban J connectivity index is 3.30. The lowest BCUT2D eigenvalue weighted by Crippen LogP contribution is -1.82. The highest BCUT2D eigenvalue weighted by Gasteiger charge is 1.73. The Bertz CT molecular complexity index is 76.9. The van der Waals surface area contributed by atoms with Crippen LogP contribution in [0.5, 0.6) is 0 Å². The fraction of sp³-hybridized carbons (Fsp3) is 0. The molecule has 0 saturated carbocycles. The summed E-state index contributed by atoms with van der Waals surface area (Å²) in [6.07, 6.45) is 0.750. The van der Waals surface area contributed by atoms with E-state index in [1.54, 1.807) is 0 Å². The molecule has 0 aromatic carbocycles. The Morgan fingerprint density at radius 3 is 3.00 bits per heavy atom. The molecule has 0 atom stereocenters. The third kappa shape index (κ3) is 3.21. The molecule has 28 valence electrons. The molecule has 0 fully saturated rings. The molecule has 0 aliphatic heterocycles. The molecule has 0 spiro atoms. The molecular formula is C3H4O2. The molecule has 2 nitrogen and oxygen atoms in total. The third-order valence-electron chi connectivity index (χ3n) is 0.143. The van der Waals surface area contributed by atoms with Gasteiger partial charge in [-0.15, -0.1) is 0 Å². The summed E-state index contributed by atoms with van der Waals surface area (Å²) in [7, 11) is 0. The van der Waals surface area contributed by atoms with Crippen molar-refractivity contribution in [3.05, 3.63) is 12.6 Å². The van der Waals surface area contributed by atoms with Gasteiger partial charge in [-0.1, -0.05) is 6.55 Å². The molecule has 0 unspecified atom stereocenters. The van der Waals surface area contributed by atoms with Gasteiger partial charge in [0.15, 0.2) is 0 Å². The number of hydrogen-bond acceptors (Lipinski definition) is 1. The lowest BCUT2D eigenvalue weighted by Gasteiger charge is -1.64. The van der Waals surface area contributed by atoms with Crippen LogP contribution in [-0.2, 0) is 4.79 Å². The minimum atomic E-state index is -1.08. The first-order chi connectivity index (χ1) is 2.77. The van der Waals surface area contributed by atoms with Crippen LogP contribution in [0.4, 0.5) is 0 Å². The van der Waals surface area contributed by atoms with E-state index in [-0.39, 0.29) is 0 Å². The Morgan fingerprint density at radius 1 is 2.40 bits per heavy atom. The van der Waals surface area contributed by atoms with Crippen molar-refractivity contribution in [2.45, 2.75) is 0 Å². The van der Waals surface area contributed by atoms with Crippen LogP contribution < -0.4 is 0 Å². The van der Waals surface area contributed by atoms with Crippen LogP contribution in [-0.4, -0.2) is 11.1 Å². The zero-order valence-corrected chi connectivity index (χ0v) is 2.51. The van der Waals surface area contributed by atoms with Crippen molar-refractivity contribution in [2.24, 2.45) is 0 Å². The number of carboxylic acid groups (broad SMARTS) is 1.